The Morgan fingerprint density at radius 3 is 2.87 bits per heavy atom. The third-order valence-corrected chi connectivity index (χ3v) is 3.31. The zero-order valence-electron chi connectivity index (χ0n) is 12.6. The topological polar surface area (TPSA) is 79.9 Å². The molecule has 1 amide bonds. The van der Waals surface area contributed by atoms with Gasteiger partial charge < -0.3 is 10.1 Å². The lowest BCUT2D eigenvalue weighted by Gasteiger charge is -2.08. The predicted molar refractivity (Wildman–Crippen MR) is 86.9 cm³/mol. The average molecular weight is 308 g/mol. The highest BCUT2D eigenvalue weighted by molar-refractivity contribution is 6.04. The van der Waals surface area contributed by atoms with Crippen LogP contribution in [0, 0.1) is 0 Å². The summed E-state index contributed by atoms with van der Waals surface area (Å²) in [4.78, 5) is 16.5. The fourth-order valence-corrected chi connectivity index (χ4v) is 2.26. The largest absolute Gasteiger partial charge is 0.380 e. The number of carbonyl (C=O) groups excluding carboxylic acids is 1. The van der Waals surface area contributed by atoms with E-state index in [4.69, 9.17) is 4.74 Å². The molecule has 0 aliphatic rings. The summed E-state index contributed by atoms with van der Waals surface area (Å²) in [6.07, 6.45) is 1.45. The molecule has 3 rings (SSSR count). The van der Waals surface area contributed by atoms with Crippen LogP contribution < -0.4 is 5.32 Å². The maximum atomic E-state index is 12.4. The average Bonchev–Trinajstić information content (AvgIpc) is 3.10. The predicted octanol–water partition coefficient (Wildman–Crippen LogP) is 2.87. The van der Waals surface area contributed by atoms with Crippen molar-refractivity contribution in [2.45, 2.75) is 6.61 Å². The molecule has 0 radical (unpaired) electrons. The zero-order valence-corrected chi connectivity index (χ0v) is 12.6. The molecule has 2 aromatic carbocycles. The van der Waals surface area contributed by atoms with Gasteiger partial charge in [0, 0.05) is 23.9 Å². The molecule has 2 N–H and O–H groups in total. The molecule has 1 aromatic heterocycles. The summed E-state index contributed by atoms with van der Waals surface area (Å²) in [5, 5.41) is 9.52. The molecule has 6 heteroatoms. The highest BCUT2D eigenvalue weighted by Crippen LogP contribution is 2.19. The molecular formula is C17H16N4O2. The van der Waals surface area contributed by atoms with Gasteiger partial charge in [0.2, 0.25) is 0 Å². The first-order valence-electron chi connectivity index (χ1n) is 7.11. The number of methoxy groups -OCH3 is 1. The third-order valence-electron chi connectivity index (χ3n) is 3.31. The Morgan fingerprint density at radius 2 is 2.09 bits per heavy atom. The molecule has 3 aromatic rings. The number of ether oxygens (including phenoxy) is 1. The minimum atomic E-state index is -0.169. The highest BCUT2D eigenvalue weighted by atomic mass is 16.5. The molecule has 6 nitrogen and oxygen atoms in total. The summed E-state index contributed by atoms with van der Waals surface area (Å²) in [6.45, 7) is 0.474. The number of hydrogen-bond donors (Lipinski definition) is 2. The Balaban J connectivity index is 1.78. The second-order valence-corrected chi connectivity index (χ2v) is 5.00. The van der Waals surface area contributed by atoms with Gasteiger partial charge in [-0.25, -0.2) is 4.98 Å². The lowest BCUT2D eigenvalue weighted by atomic mass is 10.1. The Bertz CT molecular complexity index is 800. The van der Waals surface area contributed by atoms with Gasteiger partial charge >= 0.3 is 0 Å². The van der Waals surface area contributed by atoms with E-state index in [1.807, 2.05) is 42.5 Å². The minimum Gasteiger partial charge on any atom is -0.380 e. The second kappa shape index (κ2) is 6.85. The van der Waals surface area contributed by atoms with E-state index >= 15 is 0 Å². The number of nitrogens with zero attached hydrogens (tertiary/aromatic N) is 2. The van der Waals surface area contributed by atoms with Gasteiger partial charge in [0.25, 0.3) is 5.91 Å². The standard InChI is InChI=1S/C17H16N4O2/c1-23-10-12-4-2-6-14(8-12)17(22)20-15-7-3-5-13(9-15)16-18-11-19-21-16/h2-9,11H,10H2,1H3,(H,20,22)(H,18,19,21). The Kier molecular flexibility index (Phi) is 4.44. The minimum absolute atomic E-state index is 0.169. The van der Waals surface area contributed by atoms with Gasteiger partial charge in [0.1, 0.15) is 6.33 Å². The second-order valence-electron chi connectivity index (χ2n) is 5.00. The first-order chi connectivity index (χ1) is 11.3. The molecule has 23 heavy (non-hydrogen) atoms. The van der Waals surface area contributed by atoms with E-state index in [0.29, 0.717) is 23.7 Å². The number of aromatic amines is 1. The van der Waals surface area contributed by atoms with Crippen LogP contribution >= 0.6 is 0 Å². The number of nitrogens with one attached hydrogen (secondary N) is 2. The molecular weight excluding hydrogens is 292 g/mol. The molecule has 1 heterocycles. The van der Waals surface area contributed by atoms with Crippen LogP contribution in [0.1, 0.15) is 15.9 Å². The smallest absolute Gasteiger partial charge is 0.255 e. The SMILES string of the molecule is COCc1cccc(C(=O)Nc2cccc(-c3ncn[nH]3)c2)c1. The van der Waals surface area contributed by atoms with Crippen molar-refractivity contribution in [3.63, 3.8) is 0 Å². The highest BCUT2D eigenvalue weighted by Gasteiger charge is 2.08. The van der Waals surface area contributed by atoms with Gasteiger partial charge in [-0.3, -0.25) is 9.89 Å². The normalized spacial score (nSPS) is 10.5. The van der Waals surface area contributed by atoms with E-state index in [2.05, 4.69) is 20.5 Å². The number of aromatic nitrogens is 3. The van der Waals surface area contributed by atoms with Crippen LogP contribution in [-0.2, 0) is 11.3 Å². The fraction of sp³-hybridized carbons (Fsp3) is 0.118. The molecule has 0 saturated heterocycles. The molecule has 0 unspecified atom stereocenters. The summed E-state index contributed by atoms with van der Waals surface area (Å²) < 4.78 is 5.09. The Morgan fingerprint density at radius 1 is 1.22 bits per heavy atom. The van der Waals surface area contributed by atoms with Gasteiger partial charge in [-0.2, -0.15) is 5.10 Å². The first-order valence-corrected chi connectivity index (χ1v) is 7.11. The molecule has 0 aliphatic heterocycles. The van der Waals surface area contributed by atoms with Crippen LogP contribution in [-0.4, -0.2) is 28.2 Å². The number of hydrogen-bond acceptors (Lipinski definition) is 4. The van der Waals surface area contributed by atoms with E-state index < -0.39 is 0 Å². The maximum absolute atomic E-state index is 12.4. The van der Waals surface area contributed by atoms with Crippen molar-refractivity contribution < 1.29 is 9.53 Å². The van der Waals surface area contributed by atoms with Crippen LogP contribution in [0.5, 0.6) is 0 Å². The third kappa shape index (κ3) is 3.61. The number of anilines is 1. The zero-order chi connectivity index (χ0) is 16.1. The van der Waals surface area contributed by atoms with Crippen LogP contribution in [0.3, 0.4) is 0 Å². The van der Waals surface area contributed by atoms with Gasteiger partial charge in [-0.05, 0) is 29.8 Å². The van der Waals surface area contributed by atoms with Crippen molar-refractivity contribution >= 4 is 11.6 Å². The van der Waals surface area contributed by atoms with Crippen molar-refractivity contribution in [2.75, 3.05) is 12.4 Å². The molecule has 0 saturated carbocycles. The van der Waals surface area contributed by atoms with Crippen molar-refractivity contribution in [3.05, 3.63) is 66.0 Å². The summed E-state index contributed by atoms with van der Waals surface area (Å²) in [5.41, 5.74) is 3.09. The van der Waals surface area contributed by atoms with Crippen molar-refractivity contribution in [1.29, 1.82) is 0 Å². The van der Waals surface area contributed by atoms with Crippen LogP contribution in [0.4, 0.5) is 5.69 Å². The van der Waals surface area contributed by atoms with E-state index in [-0.39, 0.29) is 5.91 Å². The molecule has 0 fully saturated rings. The van der Waals surface area contributed by atoms with E-state index in [1.165, 1.54) is 6.33 Å². The van der Waals surface area contributed by atoms with Gasteiger partial charge in [-0.15, -0.1) is 0 Å². The lowest BCUT2D eigenvalue weighted by molar-refractivity contribution is 0.102. The van der Waals surface area contributed by atoms with Crippen LogP contribution in [0.25, 0.3) is 11.4 Å². The van der Waals surface area contributed by atoms with Crippen LogP contribution in [0.2, 0.25) is 0 Å². The number of amides is 1. The van der Waals surface area contributed by atoms with E-state index in [1.54, 1.807) is 13.2 Å². The molecule has 0 atom stereocenters. The number of H-pyrrole nitrogens is 1. The molecule has 116 valence electrons. The molecule has 0 aliphatic carbocycles. The quantitative estimate of drug-likeness (QED) is 0.759. The summed E-state index contributed by atoms with van der Waals surface area (Å²) in [5.74, 6) is 0.487. The fourth-order valence-electron chi connectivity index (χ4n) is 2.26. The Hall–Kier alpha value is -2.99. The monoisotopic (exact) mass is 308 g/mol. The number of rotatable bonds is 5. The van der Waals surface area contributed by atoms with Gasteiger partial charge in [-0.1, -0.05) is 24.3 Å². The molecule has 0 bridgehead atoms. The van der Waals surface area contributed by atoms with Crippen molar-refractivity contribution in [3.8, 4) is 11.4 Å². The van der Waals surface area contributed by atoms with Gasteiger partial charge in [0.15, 0.2) is 5.82 Å². The summed E-state index contributed by atoms with van der Waals surface area (Å²) >= 11 is 0. The summed E-state index contributed by atoms with van der Waals surface area (Å²) in [6, 6.07) is 14.8. The van der Waals surface area contributed by atoms with Crippen molar-refractivity contribution in [2.24, 2.45) is 0 Å². The maximum Gasteiger partial charge on any atom is 0.255 e. The number of benzene rings is 2. The van der Waals surface area contributed by atoms with Crippen molar-refractivity contribution in [1.82, 2.24) is 15.2 Å². The lowest BCUT2D eigenvalue weighted by Crippen LogP contribution is -2.12. The van der Waals surface area contributed by atoms with E-state index in [9.17, 15) is 4.79 Å². The molecule has 0 spiro atoms. The number of carbonyl (C=O) groups is 1. The van der Waals surface area contributed by atoms with Gasteiger partial charge in [0.05, 0.1) is 6.61 Å². The summed E-state index contributed by atoms with van der Waals surface area (Å²) in [7, 11) is 1.63. The first kappa shape index (κ1) is 14.9. The Labute approximate surface area is 133 Å². The van der Waals surface area contributed by atoms with Crippen LogP contribution in [0.15, 0.2) is 54.9 Å². The van der Waals surface area contributed by atoms with E-state index in [0.717, 1.165) is 11.1 Å².